The number of nitrogens with one attached hydrogen (secondary N) is 1. The molecule has 0 unspecified atom stereocenters. The predicted octanol–water partition coefficient (Wildman–Crippen LogP) is 2.42. The lowest BCUT2D eigenvalue weighted by atomic mass is 10.1. The molecular weight excluding hydrogens is 270 g/mol. The van der Waals surface area contributed by atoms with Crippen LogP contribution >= 0.6 is 0 Å². The number of hydrogen-bond donors (Lipinski definition) is 1. The van der Waals surface area contributed by atoms with Gasteiger partial charge in [-0.1, -0.05) is 0 Å². The van der Waals surface area contributed by atoms with Crippen LogP contribution in [0, 0.1) is 0 Å². The van der Waals surface area contributed by atoms with Gasteiger partial charge in [-0.25, -0.2) is 14.8 Å². The monoisotopic (exact) mass is 283 g/mol. The molecule has 2 heterocycles. The number of aromatic amines is 1. The highest BCUT2D eigenvalue weighted by atomic mass is 16.5. The summed E-state index contributed by atoms with van der Waals surface area (Å²) in [5.41, 5.74) is 2.65. The summed E-state index contributed by atoms with van der Waals surface area (Å²) in [5.74, 6) is 0.764. The molecule has 6 nitrogen and oxygen atoms in total. The first-order valence-electron chi connectivity index (χ1n) is 6.30. The standard InChI is InChI=1S/C15H13N3O3/c1-20-12-8-9(15(19)21-2)5-6-10(12)13-17-11-4-3-7-16-14(11)18-13/h3-8H,1-2H3,(H,16,17,18). The number of hydrogen-bond acceptors (Lipinski definition) is 5. The number of H-pyrrole nitrogens is 1. The largest absolute Gasteiger partial charge is 0.496 e. The second-order valence-corrected chi connectivity index (χ2v) is 4.37. The van der Waals surface area contributed by atoms with Crippen LogP contribution in [0.5, 0.6) is 5.75 Å². The Labute approximate surface area is 120 Å². The number of carbonyl (C=O) groups excluding carboxylic acids is 1. The van der Waals surface area contributed by atoms with Crippen LogP contribution in [0.25, 0.3) is 22.6 Å². The predicted molar refractivity (Wildman–Crippen MR) is 77.2 cm³/mol. The van der Waals surface area contributed by atoms with Gasteiger partial charge in [0.25, 0.3) is 0 Å². The zero-order chi connectivity index (χ0) is 14.8. The number of pyridine rings is 1. The van der Waals surface area contributed by atoms with Gasteiger partial charge in [0.2, 0.25) is 0 Å². The van der Waals surface area contributed by atoms with Crippen molar-refractivity contribution in [2.45, 2.75) is 0 Å². The molecule has 0 saturated heterocycles. The summed E-state index contributed by atoms with van der Waals surface area (Å²) in [6, 6.07) is 8.80. The zero-order valence-corrected chi connectivity index (χ0v) is 11.6. The van der Waals surface area contributed by atoms with Gasteiger partial charge in [0.15, 0.2) is 5.65 Å². The molecule has 1 aromatic carbocycles. The number of methoxy groups -OCH3 is 2. The summed E-state index contributed by atoms with van der Waals surface area (Å²) < 4.78 is 10.0. The third-order valence-electron chi connectivity index (χ3n) is 3.14. The quantitative estimate of drug-likeness (QED) is 0.747. The van der Waals surface area contributed by atoms with Crippen LogP contribution in [0.2, 0.25) is 0 Å². The number of benzene rings is 1. The lowest BCUT2D eigenvalue weighted by Crippen LogP contribution is -2.02. The van der Waals surface area contributed by atoms with Crippen molar-refractivity contribution in [1.82, 2.24) is 15.0 Å². The first-order valence-corrected chi connectivity index (χ1v) is 6.30. The van der Waals surface area contributed by atoms with Crippen molar-refractivity contribution >= 4 is 17.1 Å². The molecule has 0 atom stereocenters. The van der Waals surface area contributed by atoms with Crippen molar-refractivity contribution in [1.29, 1.82) is 0 Å². The minimum absolute atomic E-state index is 0.411. The zero-order valence-electron chi connectivity index (χ0n) is 11.6. The number of rotatable bonds is 3. The van der Waals surface area contributed by atoms with Crippen LogP contribution < -0.4 is 4.74 Å². The summed E-state index contributed by atoms with van der Waals surface area (Å²) in [6.45, 7) is 0. The van der Waals surface area contributed by atoms with Crippen molar-refractivity contribution in [3.63, 3.8) is 0 Å². The van der Waals surface area contributed by atoms with Gasteiger partial charge in [-0.15, -0.1) is 0 Å². The number of carbonyl (C=O) groups is 1. The average Bonchev–Trinajstić information content (AvgIpc) is 2.97. The van der Waals surface area contributed by atoms with E-state index in [2.05, 4.69) is 15.0 Å². The molecule has 3 rings (SSSR count). The van der Waals surface area contributed by atoms with Crippen LogP contribution in [0.15, 0.2) is 36.5 Å². The van der Waals surface area contributed by atoms with Crippen molar-refractivity contribution in [3.8, 4) is 17.1 Å². The smallest absolute Gasteiger partial charge is 0.337 e. The Balaban J connectivity index is 2.10. The van der Waals surface area contributed by atoms with Crippen molar-refractivity contribution in [3.05, 3.63) is 42.1 Å². The second kappa shape index (κ2) is 5.24. The lowest BCUT2D eigenvalue weighted by Gasteiger charge is -2.08. The van der Waals surface area contributed by atoms with Gasteiger partial charge in [0.1, 0.15) is 11.6 Å². The number of aromatic nitrogens is 3. The molecule has 0 aliphatic carbocycles. The topological polar surface area (TPSA) is 77.1 Å². The van der Waals surface area contributed by atoms with E-state index in [0.29, 0.717) is 22.8 Å². The van der Waals surface area contributed by atoms with E-state index in [0.717, 1.165) is 11.1 Å². The molecule has 6 heteroatoms. The molecule has 0 bridgehead atoms. The Morgan fingerprint density at radius 1 is 1.24 bits per heavy atom. The molecule has 0 aliphatic heterocycles. The van der Waals surface area contributed by atoms with E-state index < -0.39 is 5.97 Å². The van der Waals surface area contributed by atoms with Gasteiger partial charge in [0.05, 0.1) is 30.9 Å². The van der Waals surface area contributed by atoms with Crippen molar-refractivity contribution in [2.75, 3.05) is 14.2 Å². The number of esters is 1. The molecule has 3 aromatic rings. The van der Waals surface area contributed by atoms with Gasteiger partial charge < -0.3 is 14.5 Å². The van der Waals surface area contributed by atoms with E-state index >= 15 is 0 Å². The number of fused-ring (bicyclic) bond motifs is 1. The first-order chi connectivity index (χ1) is 10.2. The molecule has 0 aliphatic rings. The van der Waals surface area contributed by atoms with Gasteiger partial charge in [-0.2, -0.15) is 0 Å². The van der Waals surface area contributed by atoms with E-state index in [1.54, 1.807) is 31.5 Å². The lowest BCUT2D eigenvalue weighted by molar-refractivity contribution is 0.0600. The summed E-state index contributed by atoms with van der Waals surface area (Å²) in [7, 11) is 2.88. The molecule has 1 N–H and O–H groups in total. The van der Waals surface area contributed by atoms with Gasteiger partial charge in [0, 0.05) is 6.20 Å². The second-order valence-electron chi connectivity index (χ2n) is 4.37. The normalized spacial score (nSPS) is 10.6. The van der Waals surface area contributed by atoms with E-state index in [1.807, 2.05) is 12.1 Å². The molecule has 0 spiro atoms. The fourth-order valence-corrected chi connectivity index (χ4v) is 2.10. The maximum absolute atomic E-state index is 11.6. The Morgan fingerprint density at radius 2 is 2.10 bits per heavy atom. The highest BCUT2D eigenvalue weighted by Gasteiger charge is 2.14. The van der Waals surface area contributed by atoms with Crippen LogP contribution in [0.4, 0.5) is 0 Å². The Kier molecular flexibility index (Phi) is 3.27. The minimum Gasteiger partial charge on any atom is -0.496 e. The average molecular weight is 283 g/mol. The third kappa shape index (κ3) is 2.31. The molecule has 0 saturated carbocycles. The number of imidazole rings is 1. The SMILES string of the molecule is COC(=O)c1ccc(-c2nc3ncccc3[nH]2)c(OC)c1. The summed E-state index contributed by atoms with van der Waals surface area (Å²) >= 11 is 0. The fourth-order valence-electron chi connectivity index (χ4n) is 2.10. The molecule has 0 radical (unpaired) electrons. The maximum atomic E-state index is 11.6. The van der Waals surface area contributed by atoms with Gasteiger partial charge in [-0.05, 0) is 30.3 Å². The van der Waals surface area contributed by atoms with Crippen LogP contribution in [-0.2, 0) is 4.74 Å². The Morgan fingerprint density at radius 3 is 2.81 bits per heavy atom. The van der Waals surface area contributed by atoms with Crippen molar-refractivity contribution in [2.24, 2.45) is 0 Å². The highest BCUT2D eigenvalue weighted by Crippen LogP contribution is 2.30. The van der Waals surface area contributed by atoms with E-state index in [4.69, 9.17) is 9.47 Å². The summed E-state index contributed by atoms with van der Waals surface area (Å²) in [4.78, 5) is 23.3. The summed E-state index contributed by atoms with van der Waals surface area (Å²) in [6.07, 6.45) is 1.69. The van der Waals surface area contributed by atoms with Crippen LogP contribution in [0.3, 0.4) is 0 Å². The number of nitrogens with zero attached hydrogens (tertiary/aromatic N) is 2. The Hall–Kier alpha value is -2.89. The number of ether oxygens (including phenoxy) is 2. The Bertz CT molecular complexity index is 778. The van der Waals surface area contributed by atoms with Gasteiger partial charge in [-0.3, -0.25) is 0 Å². The van der Waals surface area contributed by atoms with E-state index in [-0.39, 0.29) is 0 Å². The maximum Gasteiger partial charge on any atom is 0.337 e. The van der Waals surface area contributed by atoms with Crippen LogP contribution in [-0.4, -0.2) is 35.1 Å². The highest BCUT2D eigenvalue weighted by molar-refractivity contribution is 5.91. The molecular formula is C15H13N3O3. The van der Waals surface area contributed by atoms with E-state index in [1.165, 1.54) is 7.11 Å². The molecule has 2 aromatic heterocycles. The fraction of sp³-hybridized carbons (Fsp3) is 0.133. The van der Waals surface area contributed by atoms with Gasteiger partial charge >= 0.3 is 5.97 Å². The van der Waals surface area contributed by atoms with Crippen molar-refractivity contribution < 1.29 is 14.3 Å². The summed E-state index contributed by atoms with van der Waals surface area (Å²) in [5, 5.41) is 0. The minimum atomic E-state index is -0.411. The third-order valence-corrected chi connectivity index (χ3v) is 3.14. The molecule has 21 heavy (non-hydrogen) atoms. The van der Waals surface area contributed by atoms with Crippen LogP contribution in [0.1, 0.15) is 10.4 Å². The molecule has 0 fully saturated rings. The first kappa shape index (κ1) is 13.1. The van der Waals surface area contributed by atoms with E-state index in [9.17, 15) is 4.79 Å². The molecule has 0 amide bonds. The molecule has 106 valence electrons.